The SMILES string of the molecule is CNC(=O)CN1CCOC[C@]2(CCCN(Cc3cccnc3)C2)C1. The summed E-state index contributed by atoms with van der Waals surface area (Å²) in [6, 6.07) is 4.13. The average Bonchev–Trinajstić information content (AvgIpc) is 2.78. The lowest BCUT2D eigenvalue weighted by atomic mass is 9.80. The molecule has 0 saturated carbocycles. The summed E-state index contributed by atoms with van der Waals surface area (Å²) in [7, 11) is 1.70. The molecule has 1 spiro atoms. The van der Waals surface area contributed by atoms with Gasteiger partial charge in [0.05, 0.1) is 19.8 Å². The van der Waals surface area contributed by atoms with Crippen LogP contribution in [0.4, 0.5) is 0 Å². The molecule has 1 N–H and O–H groups in total. The molecule has 0 aliphatic carbocycles. The second kappa shape index (κ2) is 8.05. The van der Waals surface area contributed by atoms with Crippen molar-refractivity contribution in [3.63, 3.8) is 0 Å². The first-order chi connectivity index (χ1) is 11.7. The molecule has 2 saturated heterocycles. The Kier molecular flexibility index (Phi) is 5.81. The van der Waals surface area contributed by atoms with E-state index in [0.717, 1.165) is 39.3 Å². The van der Waals surface area contributed by atoms with Gasteiger partial charge < -0.3 is 10.1 Å². The molecule has 132 valence electrons. The number of hydrogen-bond acceptors (Lipinski definition) is 5. The number of hydrogen-bond donors (Lipinski definition) is 1. The Bertz CT molecular complexity index is 539. The van der Waals surface area contributed by atoms with Gasteiger partial charge in [-0.05, 0) is 31.0 Å². The van der Waals surface area contributed by atoms with E-state index in [1.165, 1.54) is 18.4 Å². The Morgan fingerprint density at radius 2 is 2.25 bits per heavy atom. The average molecular weight is 332 g/mol. The summed E-state index contributed by atoms with van der Waals surface area (Å²) in [5.74, 6) is 0.0788. The summed E-state index contributed by atoms with van der Waals surface area (Å²) in [6.45, 7) is 6.80. The van der Waals surface area contributed by atoms with E-state index < -0.39 is 0 Å². The van der Waals surface area contributed by atoms with Crippen LogP contribution in [0.2, 0.25) is 0 Å². The van der Waals surface area contributed by atoms with Crippen LogP contribution >= 0.6 is 0 Å². The topological polar surface area (TPSA) is 57.7 Å². The molecule has 6 nitrogen and oxygen atoms in total. The lowest BCUT2D eigenvalue weighted by Crippen LogP contribution is -2.51. The third-order valence-corrected chi connectivity index (χ3v) is 5.03. The van der Waals surface area contributed by atoms with E-state index >= 15 is 0 Å². The lowest BCUT2D eigenvalue weighted by Gasteiger charge is -2.43. The number of piperidine rings is 1. The minimum Gasteiger partial charge on any atom is -0.379 e. The third-order valence-electron chi connectivity index (χ3n) is 5.03. The lowest BCUT2D eigenvalue weighted by molar-refractivity contribution is -0.122. The molecule has 0 unspecified atom stereocenters. The molecule has 24 heavy (non-hydrogen) atoms. The number of ether oxygens (including phenoxy) is 1. The second-order valence-electron chi connectivity index (χ2n) is 7.11. The summed E-state index contributed by atoms with van der Waals surface area (Å²) < 4.78 is 5.92. The van der Waals surface area contributed by atoms with Gasteiger partial charge in [0, 0.05) is 51.0 Å². The quantitative estimate of drug-likeness (QED) is 0.881. The highest BCUT2D eigenvalue weighted by atomic mass is 16.5. The van der Waals surface area contributed by atoms with Gasteiger partial charge in [-0.2, -0.15) is 0 Å². The monoisotopic (exact) mass is 332 g/mol. The summed E-state index contributed by atoms with van der Waals surface area (Å²) in [5, 5.41) is 2.73. The first-order valence-electron chi connectivity index (χ1n) is 8.81. The fourth-order valence-electron chi connectivity index (χ4n) is 3.94. The first kappa shape index (κ1) is 17.3. The Labute approximate surface area is 144 Å². The van der Waals surface area contributed by atoms with E-state index in [2.05, 4.69) is 26.2 Å². The van der Waals surface area contributed by atoms with Crippen molar-refractivity contribution in [3.8, 4) is 0 Å². The Hall–Kier alpha value is -1.50. The van der Waals surface area contributed by atoms with Crippen LogP contribution in [0.25, 0.3) is 0 Å². The van der Waals surface area contributed by atoms with Gasteiger partial charge in [-0.25, -0.2) is 0 Å². The number of nitrogens with one attached hydrogen (secondary N) is 1. The maximum Gasteiger partial charge on any atom is 0.233 e. The predicted molar refractivity (Wildman–Crippen MR) is 92.5 cm³/mol. The van der Waals surface area contributed by atoms with Crippen molar-refractivity contribution in [2.75, 3.05) is 53.0 Å². The highest BCUT2D eigenvalue weighted by molar-refractivity contribution is 5.77. The molecule has 1 aromatic rings. The van der Waals surface area contributed by atoms with Gasteiger partial charge in [-0.1, -0.05) is 6.07 Å². The summed E-state index contributed by atoms with van der Waals surface area (Å²) in [5.41, 5.74) is 1.39. The Balaban J connectivity index is 1.65. The minimum atomic E-state index is 0.0788. The molecule has 0 radical (unpaired) electrons. The summed E-state index contributed by atoms with van der Waals surface area (Å²) >= 11 is 0. The zero-order chi connectivity index (χ0) is 16.8. The number of carbonyl (C=O) groups excluding carboxylic acids is 1. The van der Waals surface area contributed by atoms with E-state index in [9.17, 15) is 4.79 Å². The number of nitrogens with zero attached hydrogens (tertiary/aromatic N) is 3. The predicted octanol–water partition coefficient (Wildman–Crippen LogP) is 0.742. The van der Waals surface area contributed by atoms with Crippen LogP contribution < -0.4 is 5.32 Å². The van der Waals surface area contributed by atoms with Gasteiger partial charge in [-0.15, -0.1) is 0 Å². The van der Waals surface area contributed by atoms with Crippen molar-refractivity contribution in [3.05, 3.63) is 30.1 Å². The van der Waals surface area contributed by atoms with Crippen molar-refractivity contribution in [2.24, 2.45) is 5.41 Å². The molecule has 2 fully saturated rings. The molecule has 3 heterocycles. The van der Waals surface area contributed by atoms with E-state index in [-0.39, 0.29) is 11.3 Å². The molecule has 1 amide bonds. The van der Waals surface area contributed by atoms with Gasteiger partial charge in [0.2, 0.25) is 5.91 Å². The number of likely N-dealkylation sites (tertiary alicyclic amines) is 1. The zero-order valence-electron chi connectivity index (χ0n) is 14.5. The molecule has 6 heteroatoms. The number of pyridine rings is 1. The van der Waals surface area contributed by atoms with E-state index in [0.29, 0.717) is 13.2 Å². The fourth-order valence-corrected chi connectivity index (χ4v) is 3.94. The van der Waals surface area contributed by atoms with Gasteiger partial charge >= 0.3 is 0 Å². The van der Waals surface area contributed by atoms with Gasteiger partial charge in [0.25, 0.3) is 0 Å². The molecular formula is C18H28N4O2. The zero-order valence-corrected chi connectivity index (χ0v) is 14.5. The number of amides is 1. The molecule has 2 aliphatic heterocycles. The van der Waals surface area contributed by atoms with Crippen LogP contribution in [-0.2, 0) is 16.1 Å². The highest BCUT2D eigenvalue weighted by Crippen LogP contribution is 2.33. The third kappa shape index (κ3) is 4.53. The van der Waals surface area contributed by atoms with Crippen LogP contribution in [0.15, 0.2) is 24.5 Å². The molecule has 0 bridgehead atoms. The van der Waals surface area contributed by atoms with Crippen LogP contribution in [0.1, 0.15) is 18.4 Å². The number of rotatable bonds is 4. The molecule has 1 aromatic heterocycles. The second-order valence-corrected chi connectivity index (χ2v) is 7.11. The minimum absolute atomic E-state index is 0.0788. The molecule has 0 aromatic carbocycles. The van der Waals surface area contributed by atoms with Crippen molar-refractivity contribution >= 4 is 5.91 Å². The van der Waals surface area contributed by atoms with Crippen LogP contribution in [0, 0.1) is 5.41 Å². The number of carbonyl (C=O) groups is 1. The molecule has 1 atom stereocenters. The van der Waals surface area contributed by atoms with Crippen LogP contribution in [0.3, 0.4) is 0 Å². The van der Waals surface area contributed by atoms with Gasteiger partial charge in [0.15, 0.2) is 0 Å². The van der Waals surface area contributed by atoms with E-state index in [1.807, 2.05) is 18.5 Å². The number of likely N-dealkylation sites (N-methyl/N-ethyl adjacent to an activating group) is 1. The Morgan fingerprint density at radius 1 is 1.38 bits per heavy atom. The van der Waals surface area contributed by atoms with Crippen LogP contribution in [-0.4, -0.2) is 73.7 Å². The maximum atomic E-state index is 11.8. The molecular weight excluding hydrogens is 304 g/mol. The summed E-state index contributed by atoms with van der Waals surface area (Å²) in [4.78, 5) is 20.7. The largest absolute Gasteiger partial charge is 0.379 e. The van der Waals surface area contributed by atoms with Crippen molar-refractivity contribution in [2.45, 2.75) is 19.4 Å². The van der Waals surface area contributed by atoms with Crippen LogP contribution in [0.5, 0.6) is 0 Å². The molecule has 2 aliphatic rings. The van der Waals surface area contributed by atoms with E-state index in [1.54, 1.807) is 7.05 Å². The van der Waals surface area contributed by atoms with Crippen molar-refractivity contribution in [1.82, 2.24) is 20.1 Å². The maximum absolute atomic E-state index is 11.8. The Morgan fingerprint density at radius 3 is 3.04 bits per heavy atom. The molecule has 3 rings (SSSR count). The van der Waals surface area contributed by atoms with Gasteiger partial charge in [0.1, 0.15) is 0 Å². The van der Waals surface area contributed by atoms with Crippen molar-refractivity contribution < 1.29 is 9.53 Å². The summed E-state index contributed by atoms with van der Waals surface area (Å²) in [6.07, 6.45) is 6.11. The normalized spacial score (nSPS) is 26.2. The smallest absolute Gasteiger partial charge is 0.233 e. The van der Waals surface area contributed by atoms with Gasteiger partial charge in [-0.3, -0.25) is 19.6 Å². The fraction of sp³-hybridized carbons (Fsp3) is 0.667. The van der Waals surface area contributed by atoms with E-state index in [4.69, 9.17) is 4.74 Å². The first-order valence-corrected chi connectivity index (χ1v) is 8.81. The standard InChI is InChI=1S/C18H28N4O2/c1-19-17(23)12-22-8-9-24-15-18(14-22)5-3-7-21(13-18)11-16-4-2-6-20-10-16/h2,4,6,10H,3,5,7-9,11-15H2,1H3,(H,19,23)/t18-/m0/s1. The number of aromatic nitrogens is 1. The highest BCUT2D eigenvalue weighted by Gasteiger charge is 2.39. The van der Waals surface area contributed by atoms with Crippen molar-refractivity contribution in [1.29, 1.82) is 0 Å².